The molecule has 7 nitrogen and oxygen atoms in total. The van der Waals surface area contributed by atoms with E-state index in [4.69, 9.17) is 4.98 Å². The predicted molar refractivity (Wildman–Crippen MR) is 108 cm³/mol. The molecule has 144 valence electrons. The molecule has 2 amide bonds. The van der Waals surface area contributed by atoms with Gasteiger partial charge in [-0.2, -0.15) is 0 Å². The number of hydrogen-bond donors (Lipinski definition) is 1. The topological polar surface area (TPSA) is 88.4 Å². The van der Waals surface area contributed by atoms with E-state index in [1.54, 1.807) is 23.5 Å². The number of amides is 2. The Labute approximate surface area is 166 Å². The van der Waals surface area contributed by atoms with E-state index in [0.29, 0.717) is 12.1 Å². The Morgan fingerprint density at radius 2 is 2.14 bits per heavy atom. The Hall–Kier alpha value is -3.00. The highest BCUT2D eigenvalue weighted by Crippen LogP contribution is 2.36. The molecule has 2 heterocycles. The molecular formula is C20H20N4O3S. The number of urea groups is 1. The van der Waals surface area contributed by atoms with Crippen LogP contribution in [0.3, 0.4) is 0 Å². The fourth-order valence-corrected chi connectivity index (χ4v) is 4.67. The first-order valence-electron chi connectivity index (χ1n) is 9.20. The number of thiazole rings is 1. The molecule has 0 unspecified atom stereocenters. The van der Waals surface area contributed by atoms with E-state index in [-0.39, 0.29) is 23.8 Å². The second kappa shape index (κ2) is 7.55. The fraction of sp³-hybridized carbons (Fsp3) is 0.300. The van der Waals surface area contributed by atoms with Gasteiger partial charge in [0.15, 0.2) is 0 Å². The summed E-state index contributed by atoms with van der Waals surface area (Å²) in [7, 11) is 0. The summed E-state index contributed by atoms with van der Waals surface area (Å²) < 4.78 is 1.12. The number of nitro benzene ring substituents is 1. The molecule has 28 heavy (non-hydrogen) atoms. The molecule has 1 aliphatic heterocycles. The molecule has 1 aromatic heterocycles. The van der Waals surface area contributed by atoms with Crippen molar-refractivity contribution in [1.82, 2.24) is 15.2 Å². The number of para-hydroxylation sites is 1. The summed E-state index contributed by atoms with van der Waals surface area (Å²) in [4.78, 5) is 30.0. The van der Waals surface area contributed by atoms with Gasteiger partial charge in [0, 0.05) is 18.7 Å². The number of non-ortho nitro benzene ring substituents is 1. The number of likely N-dealkylation sites (tertiary alicyclic amines) is 1. The van der Waals surface area contributed by atoms with Gasteiger partial charge in [0.2, 0.25) is 0 Å². The van der Waals surface area contributed by atoms with E-state index in [0.717, 1.165) is 28.1 Å². The molecule has 2 aromatic carbocycles. The normalized spacial score (nSPS) is 17.6. The average Bonchev–Trinajstić information content (AvgIpc) is 3.34. The highest BCUT2D eigenvalue weighted by Gasteiger charge is 2.33. The third-order valence-corrected chi connectivity index (χ3v) is 6.17. The maximum atomic E-state index is 12.9. The largest absolute Gasteiger partial charge is 0.331 e. The van der Waals surface area contributed by atoms with Crippen LogP contribution in [0, 0.1) is 10.1 Å². The van der Waals surface area contributed by atoms with Crippen molar-refractivity contribution in [2.45, 2.75) is 31.8 Å². The van der Waals surface area contributed by atoms with Gasteiger partial charge in [-0.1, -0.05) is 24.3 Å². The lowest BCUT2D eigenvalue weighted by Crippen LogP contribution is -2.40. The van der Waals surface area contributed by atoms with Crippen LogP contribution in [0.5, 0.6) is 0 Å². The highest BCUT2D eigenvalue weighted by atomic mass is 32.1. The Balaban J connectivity index is 1.50. The maximum absolute atomic E-state index is 12.9. The van der Waals surface area contributed by atoms with Gasteiger partial charge in [-0.25, -0.2) is 9.78 Å². The van der Waals surface area contributed by atoms with Crippen LogP contribution in [0.1, 0.15) is 42.4 Å². The molecule has 1 fully saturated rings. The van der Waals surface area contributed by atoms with Crippen LogP contribution in [0.25, 0.3) is 10.2 Å². The lowest BCUT2D eigenvalue weighted by molar-refractivity contribution is -0.384. The molecule has 8 heteroatoms. The standard InChI is InChI=1S/C20H20N4O3S/c1-13(14-6-4-7-15(12-14)24(26)27)21-20(25)23-11-5-9-17(23)19-22-16-8-2-3-10-18(16)28-19/h2-4,6-8,10,12-13,17H,5,9,11H2,1H3,(H,21,25)/t13-,17+/m0/s1. The van der Waals surface area contributed by atoms with E-state index in [2.05, 4.69) is 5.32 Å². The number of aromatic nitrogens is 1. The second-order valence-corrected chi connectivity index (χ2v) is 7.96. The molecule has 0 aliphatic carbocycles. The number of nitrogens with zero attached hydrogens (tertiary/aromatic N) is 3. The molecule has 0 spiro atoms. The number of carbonyl (C=O) groups is 1. The van der Waals surface area contributed by atoms with Crippen molar-refractivity contribution in [3.05, 3.63) is 69.2 Å². The van der Waals surface area contributed by atoms with Crippen molar-refractivity contribution in [2.24, 2.45) is 0 Å². The number of fused-ring (bicyclic) bond motifs is 1. The van der Waals surface area contributed by atoms with Crippen molar-refractivity contribution in [3.63, 3.8) is 0 Å². The Morgan fingerprint density at radius 3 is 2.93 bits per heavy atom. The minimum atomic E-state index is -0.429. The summed E-state index contributed by atoms with van der Waals surface area (Å²) >= 11 is 1.63. The summed E-state index contributed by atoms with van der Waals surface area (Å²) in [5.41, 5.74) is 1.69. The zero-order valence-electron chi connectivity index (χ0n) is 15.4. The Kier molecular flexibility index (Phi) is 4.95. The van der Waals surface area contributed by atoms with Gasteiger partial charge < -0.3 is 10.2 Å². The van der Waals surface area contributed by atoms with Crippen LogP contribution in [0.15, 0.2) is 48.5 Å². The molecule has 1 saturated heterocycles. The lowest BCUT2D eigenvalue weighted by Gasteiger charge is -2.25. The summed E-state index contributed by atoms with van der Waals surface area (Å²) in [6, 6.07) is 13.8. The zero-order valence-corrected chi connectivity index (χ0v) is 16.2. The van der Waals surface area contributed by atoms with Crippen molar-refractivity contribution < 1.29 is 9.72 Å². The number of benzene rings is 2. The van der Waals surface area contributed by atoms with Gasteiger partial charge in [0.25, 0.3) is 5.69 Å². The minimum absolute atomic E-state index is 0.0205. The highest BCUT2D eigenvalue weighted by molar-refractivity contribution is 7.18. The summed E-state index contributed by atoms with van der Waals surface area (Å²) in [6.45, 7) is 2.51. The lowest BCUT2D eigenvalue weighted by atomic mass is 10.1. The van der Waals surface area contributed by atoms with Crippen molar-refractivity contribution >= 4 is 33.3 Å². The molecule has 0 saturated carbocycles. The van der Waals surface area contributed by atoms with Crippen molar-refractivity contribution in [1.29, 1.82) is 0 Å². The number of hydrogen-bond acceptors (Lipinski definition) is 5. The van der Waals surface area contributed by atoms with Crippen LogP contribution in [0.2, 0.25) is 0 Å². The Bertz CT molecular complexity index is 1000. The fourth-order valence-electron chi connectivity index (χ4n) is 3.56. The molecule has 4 rings (SSSR count). The van der Waals surface area contributed by atoms with E-state index < -0.39 is 4.92 Å². The van der Waals surface area contributed by atoms with Gasteiger partial charge in [0.05, 0.1) is 27.2 Å². The van der Waals surface area contributed by atoms with Gasteiger partial charge >= 0.3 is 6.03 Å². The molecule has 1 N–H and O–H groups in total. The van der Waals surface area contributed by atoms with Crippen LogP contribution in [-0.2, 0) is 0 Å². The molecule has 3 aromatic rings. The quantitative estimate of drug-likeness (QED) is 0.506. The van der Waals surface area contributed by atoms with E-state index in [9.17, 15) is 14.9 Å². The number of nitrogens with one attached hydrogen (secondary N) is 1. The SMILES string of the molecule is C[C@H](NC(=O)N1CCC[C@@H]1c1nc2ccccc2s1)c1cccc([N+](=O)[O-])c1. The van der Waals surface area contributed by atoms with Crippen molar-refractivity contribution in [3.8, 4) is 0 Å². The first kappa shape index (κ1) is 18.4. The predicted octanol–water partition coefficient (Wildman–Crippen LogP) is 4.81. The second-order valence-electron chi connectivity index (χ2n) is 6.89. The van der Waals surface area contributed by atoms with Gasteiger partial charge in [-0.3, -0.25) is 10.1 Å². The monoisotopic (exact) mass is 396 g/mol. The first-order chi connectivity index (χ1) is 13.5. The van der Waals surface area contributed by atoms with E-state index >= 15 is 0 Å². The molecule has 0 radical (unpaired) electrons. The number of rotatable bonds is 4. The van der Waals surface area contributed by atoms with Gasteiger partial charge in [-0.15, -0.1) is 11.3 Å². The summed E-state index contributed by atoms with van der Waals surface area (Å²) in [6.07, 6.45) is 1.82. The Morgan fingerprint density at radius 1 is 1.32 bits per heavy atom. The maximum Gasteiger partial charge on any atom is 0.318 e. The van der Waals surface area contributed by atoms with Crippen LogP contribution in [0.4, 0.5) is 10.5 Å². The van der Waals surface area contributed by atoms with Crippen LogP contribution in [-0.4, -0.2) is 27.4 Å². The van der Waals surface area contributed by atoms with Gasteiger partial charge in [0.1, 0.15) is 5.01 Å². The first-order valence-corrected chi connectivity index (χ1v) is 10.0. The average molecular weight is 396 g/mol. The third kappa shape index (κ3) is 3.55. The van der Waals surface area contributed by atoms with Crippen LogP contribution < -0.4 is 5.32 Å². The minimum Gasteiger partial charge on any atom is -0.331 e. The molecule has 1 aliphatic rings. The summed E-state index contributed by atoms with van der Waals surface area (Å²) in [5.74, 6) is 0. The van der Waals surface area contributed by atoms with Gasteiger partial charge in [-0.05, 0) is 37.5 Å². The van der Waals surface area contributed by atoms with E-state index in [1.807, 2.05) is 36.1 Å². The van der Waals surface area contributed by atoms with E-state index in [1.165, 1.54) is 12.1 Å². The summed E-state index contributed by atoms with van der Waals surface area (Å²) in [5, 5.41) is 14.9. The van der Waals surface area contributed by atoms with Crippen molar-refractivity contribution in [2.75, 3.05) is 6.54 Å². The molecule has 2 atom stereocenters. The third-order valence-electron chi connectivity index (χ3n) is 5.03. The smallest absolute Gasteiger partial charge is 0.318 e. The van der Waals surface area contributed by atoms with Crippen LogP contribution >= 0.6 is 11.3 Å². The number of carbonyl (C=O) groups excluding carboxylic acids is 1. The molecular weight excluding hydrogens is 376 g/mol. The number of nitro groups is 1. The zero-order chi connectivity index (χ0) is 19.7. The molecule has 0 bridgehead atoms.